The van der Waals surface area contributed by atoms with Crippen molar-refractivity contribution >= 4 is 0 Å². The Labute approximate surface area is 93.0 Å². The molecule has 0 bridgehead atoms. The van der Waals surface area contributed by atoms with Crippen LogP contribution >= 0.6 is 0 Å². The number of aryl methyl sites for hydroxylation is 2. The smallest absolute Gasteiger partial charge is 0.140 e. The molecular formula is C12H10N4. The molecule has 1 aliphatic carbocycles. The van der Waals surface area contributed by atoms with E-state index in [1.807, 2.05) is 12.3 Å². The predicted octanol–water partition coefficient (Wildman–Crippen LogP) is 1.83. The molecule has 0 unspecified atom stereocenters. The molecule has 2 heterocycles. The van der Waals surface area contributed by atoms with Crippen molar-refractivity contribution in [3.63, 3.8) is 0 Å². The van der Waals surface area contributed by atoms with Crippen molar-refractivity contribution < 1.29 is 0 Å². The van der Waals surface area contributed by atoms with Gasteiger partial charge < -0.3 is 0 Å². The first-order valence-electron chi connectivity index (χ1n) is 5.31. The molecule has 2 aromatic rings. The van der Waals surface area contributed by atoms with Crippen LogP contribution in [0.1, 0.15) is 23.4 Å². The van der Waals surface area contributed by atoms with Gasteiger partial charge in [0.25, 0.3) is 0 Å². The lowest BCUT2D eigenvalue weighted by Gasteiger charge is -2.04. The lowest BCUT2D eigenvalue weighted by molar-refractivity contribution is 0.812. The summed E-state index contributed by atoms with van der Waals surface area (Å²) in [7, 11) is 0. The van der Waals surface area contributed by atoms with Gasteiger partial charge in [0, 0.05) is 5.56 Å². The average molecular weight is 210 g/mol. The van der Waals surface area contributed by atoms with Gasteiger partial charge in [-0.2, -0.15) is 10.4 Å². The zero-order valence-electron chi connectivity index (χ0n) is 8.70. The molecular weight excluding hydrogens is 200 g/mol. The van der Waals surface area contributed by atoms with E-state index in [2.05, 4.69) is 21.3 Å². The van der Waals surface area contributed by atoms with Gasteiger partial charge in [-0.1, -0.05) is 0 Å². The Kier molecular flexibility index (Phi) is 1.97. The monoisotopic (exact) mass is 210 g/mol. The highest BCUT2D eigenvalue weighted by Gasteiger charge is 2.17. The lowest BCUT2D eigenvalue weighted by atomic mass is 10.1. The number of aromatic amines is 1. The fraction of sp³-hybridized carbons (Fsp3) is 0.250. The second-order valence-corrected chi connectivity index (χ2v) is 3.93. The van der Waals surface area contributed by atoms with Gasteiger partial charge in [-0.3, -0.25) is 5.10 Å². The first-order valence-corrected chi connectivity index (χ1v) is 5.31. The SMILES string of the molecule is N#Cc1ccc2c(n1)CCCc1cn[nH]c1-2. The topological polar surface area (TPSA) is 65.4 Å². The molecule has 0 saturated heterocycles. The van der Waals surface area contributed by atoms with Crippen molar-refractivity contribution in [1.82, 2.24) is 15.2 Å². The number of fused-ring (bicyclic) bond motifs is 3. The summed E-state index contributed by atoms with van der Waals surface area (Å²) in [6.07, 6.45) is 4.88. The lowest BCUT2D eigenvalue weighted by Crippen LogP contribution is -1.95. The maximum absolute atomic E-state index is 8.83. The van der Waals surface area contributed by atoms with E-state index in [-0.39, 0.29) is 0 Å². The Bertz CT molecular complexity index is 577. The summed E-state index contributed by atoms with van der Waals surface area (Å²) in [4.78, 5) is 4.36. The van der Waals surface area contributed by atoms with Gasteiger partial charge in [-0.25, -0.2) is 4.98 Å². The van der Waals surface area contributed by atoms with Crippen molar-refractivity contribution in [2.24, 2.45) is 0 Å². The minimum absolute atomic E-state index is 0.488. The highest BCUT2D eigenvalue weighted by atomic mass is 15.1. The number of nitrogens with zero attached hydrogens (tertiary/aromatic N) is 3. The van der Waals surface area contributed by atoms with Crippen LogP contribution in [0.3, 0.4) is 0 Å². The standard InChI is InChI=1S/C12H10N4/c13-6-9-4-5-10-11(15-9)3-1-2-8-7-14-16-12(8)10/h4-5,7H,1-3H2,(H,14,16). The molecule has 16 heavy (non-hydrogen) atoms. The van der Waals surface area contributed by atoms with Gasteiger partial charge in [0.05, 0.1) is 17.6 Å². The molecule has 0 aromatic carbocycles. The average Bonchev–Trinajstić information content (AvgIpc) is 2.71. The Morgan fingerprint density at radius 1 is 1.31 bits per heavy atom. The van der Waals surface area contributed by atoms with Gasteiger partial charge in [0.1, 0.15) is 11.8 Å². The molecule has 4 heteroatoms. The first-order chi connectivity index (χ1) is 7.88. The normalized spacial score (nSPS) is 13.4. The van der Waals surface area contributed by atoms with Crippen molar-refractivity contribution in [2.45, 2.75) is 19.3 Å². The van der Waals surface area contributed by atoms with Gasteiger partial charge >= 0.3 is 0 Å². The number of hydrogen-bond acceptors (Lipinski definition) is 3. The van der Waals surface area contributed by atoms with Gasteiger partial charge in [0.2, 0.25) is 0 Å². The number of rotatable bonds is 0. The van der Waals surface area contributed by atoms with E-state index in [9.17, 15) is 0 Å². The minimum Gasteiger partial charge on any atom is -0.277 e. The van der Waals surface area contributed by atoms with E-state index in [0.29, 0.717) is 5.69 Å². The van der Waals surface area contributed by atoms with Crippen LogP contribution in [-0.4, -0.2) is 15.2 Å². The number of H-pyrrole nitrogens is 1. The number of hydrogen-bond donors (Lipinski definition) is 1. The number of nitriles is 1. The number of pyridine rings is 1. The molecule has 0 amide bonds. The molecule has 78 valence electrons. The summed E-state index contributed by atoms with van der Waals surface area (Å²) in [6, 6.07) is 5.80. The Balaban J connectivity index is 2.22. The highest BCUT2D eigenvalue weighted by Crippen LogP contribution is 2.29. The fourth-order valence-corrected chi connectivity index (χ4v) is 2.16. The van der Waals surface area contributed by atoms with Crippen LogP contribution in [0.5, 0.6) is 0 Å². The minimum atomic E-state index is 0.488. The first kappa shape index (κ1) is 9.10. The molecule has 0 spiro atoms. The largest absolute Gasteiger partial charge is 0.277 e. The Morgan fingerprint density at radius 2 is 2.25 bits per heavy atom. The van der Waals surface area contributed by atoms with E-state index in [1.54, 1.807) is 6.07 Å². The van der Waals surface area contributed by atoms with Gasteiger partial charge in [0.15, 0.2) is 0 Å². The Morgan fingerprint density at radius 3 is 3.12 bits per heavy atom. The molecule has 0 atom stereocenters. The van der Waals surface area contributed by atoms with Crippen LogP contribution < -0.4 is 0 Å². The van der Waals surface area contributed by atoms with Crippen molar-refractivity contribution in [3.8, 4) is 17.3 Å². The predicted molar refractivity (Wildman–Crippen MR) is 58.6 cm³/mol. The maximum atomic E-state index is 8.83. The van der Waals surface area contributed by atoms with E-state index >= 15 is 0 Å². The summed E-state index contributed by atoms with van der Waals surface area (Å²) in [5.74, 6) is 0. The summed E-state index contributed by atoms with van der Waals surface area (Å²) in [5.41, 5.74) is 4.88. The van der Waals surface area contributed by atoms with Crippen LogP contribution in [0.2, 0.25) is 0 Å². The highest BCUT2D eigenvalue weighted by molar-refractivity contribution is 5.66. The van der Waals surface area contributed by atoms with Crippen LogP contribution in [0.4, 0.5) is 0 Å². The number of nitrogens with one attached hydrogen (secondary N) is 1. The summed E-state index contributed by atoms with van der Waals surface area (Å²) in [6.45, 7) is 0. The molecule has 3 rings (SSSR count). The van der Waals surface area contributed by atoms with Crippen molar-refractivity contribution in [2.75, 3.05) is 0 Å². The zero-order valence-corrected chi connectivity index (χ0v) is 8.70. The van der Waals surface area contributed by atoms with Gasteiger partial charge in [-0.15, -0.1) is 0 Å². The quantitative estimate of drug-likeness (QED) is 0.721. The van der Waals surface area contributed by atoms with Crippen molar-refractivity contribution in [3.05, 3.63) is 35.3 Å². The van der Waals surface area contributed by atoms with Crippen LogP contribution in [-0.2, 0) is 12.8 Å². The Hall–Kier alpha value is -2.15. The van der Waals surface area contributed by atoms with Crippen molar-refractivity contribution in [1.29, 1.82) is 5.26 Å². The van der Waals surface area contributed by atoms with Crippen LogP contribution in [0, 0.1) is 11.3 Å². The summed E-state index contributed by atoms with van der Waals surface area (Å²) < 4.78 is 0. The molecule has 0 radical (unpaired) electrons. The maximum Gasteiger partial charge on any atom is 0.140 e. The van der Waals surface area contributed by atoms with Crippen LogP contribution in [0.25, 0.3) is 11.3 Å². The van der Waals surface area contributed by atoms with E-state index in [0.717, 1.165) is 36.2 Å². The zero-order chi connectivity index (χ0) is 11.0. The second-order valence-electron chi connectivity index (χ2n) is 3.93. The summed E-state index contributed by atoms with van der Waals surface area (Å²) in [5, 5.41) is 15.9. The molecule has 0 aliphatic heterocycles. The molecule has 4 nitrogen and oxygen atoms in total. The molecule has 2 aromatic heterocycles. The second kappa shape index (κ2) is 3.46. The third-order valence-corrected chi connectivity index (χ3v) is 2.94. The third-order valence-electron chi connectivity index (χ3n) is 2.94. The molecule has 0 saturated carbocycles. The molecule has 1 N–H and O–H groups in total. The fourth-order valence-electron chi connectivity index (χ4n) is 2.16. The van der Waals surface area contributed by atoms with Gasteiger partial charge in [-0.05, 0) is 37.0 Å². The van der Waals surface area contributed by atoms with E-state index < -0.39 is 0 Å². The molecule has 0 fully saturated rings. The van der Waals surface area contributed by atoms with Crippen LogP contribution in [0.15, 0.2) is 18.3 Å². The summed E-state index contributed by atoms with van der Waals surface area (Å²) >= 11 is 0. The third kappa shape index (κ3) is 1.29. The number of aromatic nitrogens is 3. The molecule has 1 aliphatic rings. The van der Waals surface area contributed by atoms with E-state index in [4.69, 9.17) is 5.26 Å². The van der Waals surface area contributed by atoms with E-state index in [1.165, 1.54) is 5.56 Å².